The average Bonchev–Trinajstić information content (AvgIpc) is 2.96. The molecule has 1 aliphatic rings. The second-order valence-electron chi connectivity index (χ2n) is 4.99. The lowest BCUT2D eigenvalue weighted by Crippen LogP contribution is -2.22. The van der Waals surface area contributed by atoms with Crippen LogP contribution in [-0.4, -0.2) is 48.1 Å². The zero-order valence-corrected chi connectivity index (χ0v) is 12.1. The minimum atomic E-state index is 0.859. The summed E-state index contributed by atoms with van der Waals surface area (Å²) in [4.78, 5) is 11.4. The topological polar surface area (TPSA) is 53.1 Å². The summed E-state index contributed by atoms with van der Waals surface area (Å²) in [5, 5.41) is 6.48. The molecule has 0 atom stereocenters. The lowest BCUT2D eigenvalue weighted by Gasteiger charge is -2.14. The number of hydrogen-bond acceptors (Lipinski definition) is 5. The molecule has 1 fully saturated rings. The maximum atomic E-state index is 4.49. The summed E-state index contributed by atoms with van der Waals surface area (Å²) in [5.41, 5.74) is 0. The first kappa shape index (κ1) is 14.1. The summed E-state index contributed by atoms with van der Waals surface area (Å²) in [6.45, 7) is 6.79. The number of likely N-dealkylation sites (tertiary alicyclic amines) is 1. The number of aryl methyl sites for hydroxylation is 1. The standard InChI is InChI=1S/C14H25N5/c1-3-12-17-13(15-2)11-14(18-12)16-7-6-10-19-8-4-5-9-19/h11H,3-10H2,1-2H3,(H2,15,16,17,18). The first-order valence-corrected chi connectivity index (χ1v) is 7.33. The maximum Gasteiger partial charge on any atom is 0.132 e. The molecule has 1 aliphatic heterocycles. The summed E-state index contributed by atoms with van der Waals surface area (Å²) in [7, 11) is 1.89. The van der Waals surface area contributed by atoms with Crippen molar-refractivity contribution in [2.45, 2.75) is 32.6 Å². The second kappa shape index (κ2) is 7.28. The first-order valence-electron chi connectivity index (χ1n) is 7.33. The molecule has 0 bridgehead atoms. The number of anilines is 2. The summed E-state index contributed by atoms with van der Waals surface area (Å²) in [5.74, 6) is 2.69. The fourth-order valence-corrected chi connectivity index (χ4v) is 2.40. The van der Waals surface area contributed by atoms with Gasteiger partial charge in [0, 0.05) is 26.1 Å². The molecule has 0 aromatic carbocycles. The lowest BCUT2D eigenvalue weighted by atomic mass is 10.3. The normalized spacial score (nSPS) is 15.7. The van der Waals surface area contributed by atoms with Gasteiger partial charge < -0.3 is 15.5 Å². The molecule has 106 valence electrons. The van der Waals surface area contributed by atoms with Crippen molar-refractivity contribution in [1.29, 1.82) is 0 Å². The molecule has 0 unspecified atom stereocenters. The summed E-state index contributed by atoms with van der Waals surface area (Å²) < 4.78 is 0. The maximum absolute atomic E-state index is 4.49. The lowest BCUT2D eigenvalue weighted by molar-refractivity contribution is 0.337. The van der Waals surface area contributed by atoms with Gasteiger partial charge >= 0.3 is 0 Å². The Morgan fingerprint density at radius 2 is 1.95 bits per heavy atom. The van der Waals surface area contributed by atoms with Crippen molar-refractivity contribution in [2.75, 3.05) is 43.9 Å². The van der Waals surface area contributed by atoms with Gasteiger partial charge in [-0.05, 0) is 38.9 Å². The van der Waals surface area contributed by atoms with Gasteiger partial charge in [0.1, 0.15) is 17.5 Å². The van der Waals surface area contributed by atoms with E-state index in [1.807, 2.05) is 13.1 Å². The summed E-state index contributed by atoms with van der Waals surface area (Å²) in [6, 6.07) is 1.97. The molecular weight excluding hydrogens is 238 g/mol. The van der Waals surface area contributed by atoms with E-state index in [9.17, 15) is 0 Å². The van der Waals surface area contributed by atoms with Crippen LogP contribution in [0.4, 0.5) is 11.6 Å². The Kier molecular flexibility index (Phi) is 5.39. The van der Waals surface area contributed by atoms with Crippen LogP contribution in [0.25, 0.3) is 0 Å². The van der Waals surface area contributed by atoms with Gasteiger partial charge in [-0.3, -0.25) is 0 Å². The summed E-state index contributed by atoms with van der Waals surface area (Å²) in [6.07, 6.45) is 4.76. The number of aromatic nitrogens is 2. The number of hydrogen-bond donors (Lipinski definition) is 2. The van der Waals surface area contributed by atoms with Crippen molar-refractivity contribution >= 4 is 11.6 Å². The van der Waals surface area contributed by atoms with Crippen LogP contribution in [-0.2, 0) is 6.42 Å². The van der Waals surface area contributed by atoms with Crippen LogP contribution in [0.1, 0.15) is 32.0 Å². The van der Waals surface area contributed by atoms with E-state index in [4.69, 9.17) is 0 Å². The van der Waals surface area contributed by atoms with Gasteiger partial charge in [0.15, 0.2) is 0 Å². The SMILES string of the molecule is CCc1nc(NC)cc(NCCCN2CCCC2)n1. The molecule has 0 radical (unpaired) electrons. The monoisotopic (exact) mass is 263 g/mol. The third-order valence-corrected chi connectivity index (χ3v) is 3.50. The van der Waals surface area contributed by atoms with Gasteiger partial charge in [-0.15, -0.1) is 0 Å². The highest BCUT2D eigenvalue weighted by atomic mass is 15.1. The molecule has 1 aromatic rings. The van der Waals surface area contributed by atoms with Gasteiger partial charge in [-0.2, -0.15) is 0 Å². The Morgan fingerprint density at radius 3 is 2.63 bits per heavy atom. The third-order valence-electron chi connectivity index (χ3n) is 3.50. The van der Waals surface area contributed by atoms with Gasteiger partial charge in [-0.25, -0.2) is 9.97 Å². The van der Waals surface area contributed by atoms with Crippen molar-refractivity contribution in [2.24, 2.45) is 0 Å². The molecule has 2 heterocycles. The highest BCUT2D eigenvalue weighted by molar-refractivity contribution is 5.47. The molecule has 1 saturated heterocycles. The van der Waals surface area contributed by atoms with E-state index in [-0.39, 0.29) is 0 Å². The van der Waals surface area contributed by atoms with Crippen LogP contribution < -0.4 is 10.6 Å². The fraction of sp³-hybridized carbons (Fsp3) is 0.714. The predicted molar refractivity (Wildman–Crippen MR) is 79.7 cm³/mol. The molecule has 19 heavy (non-hydrogen) atoms. The average molecular weight is 263 g/mol. The van der Waals surface area contributed by atoms with E-state index in [1.165, 1.54) is 38.9 Å². The Labute approximate surface area is 115 Å². The highest BCUT2D eigenvalue weighted by Gasteiger charge is 2.10. The van der Waals surface area contributed by atoms with E-state index in [0.717, 1.165) is 30.4 Å². The molecule has 1 aromatic heterocycles. The Morgan fingerprint density at radius 1 is 1.21 bits per heavy atom. The van der Waals surface area contributed by atoms with E-state index < -0.39 is 0 Å². The molecule has 2 rings (SSSR count). The minimum Gasteiger partial charge on any atom is -0.373 e. The van der Waals surface area contributed by atoms with Crippen LogP contribution >= 0.6 is 0 Å². The van der Waals surface area contributed by atoms with Crippen molar-refractivity contribution in [3.05, 3.63) is 11.9 Å². The number of nitrogens with one attached hydrogen (secondary N) is 2. The summed E-state index contributed by atoms with van der Waals surface area (Å²) >= 11 is 0. The minimum absolute atomic E-state index is 0.859. The van der Waals surface area contributed by atoms with E-state index in [2.05, 4.69) is 32.4 Å². The molecule has 0 amide bonds. The quantitative estimate of drug-likeness (QED) is 0.737. The third kappa shape index (κ3) is 4.35. The van der Waals surface area contributed by atoms with E-state index in [1.54, 1.807) is 0 Å². The Bertz CT molecular complexity index is 365. The van der Waals surface area contributed by atoms with Crippen LogP contribution in [0.5, 0.6) is 0 Å². The van der Waals surface area contributed by atoms with Crippen molar-refractivity contribution in [3.63, 3.8) is 0 Å². The molecular formula is C14H25N5. The predicted octanol–water partition coefficient (Wildman–Crippen LogP) is 1.98. The van der Waals surface area contributed by atoms with Gasteiger partial charge in [0.25, 0.3) is 0 Å². The molecule has 0 aliphatic carbocycles. The van der Waals surface area contributed by atoms with Crippen LogP contribution in [0.3, 0.4) is 0 Å². The Hall–Kier alpha value is -1.36. The van der Waals surface area contributed by atoms with Crippen LogP contribution in [0, 0.1) is 0 Å². The molecule has 2 N–H and O–H groups in total. The smallest absolute Gasteiger partial charge is 0.132 e. The zero-order valence-electron chi connectivity index (χ0n) is 12.1. The van der Waals surface area contributed by atoms with Gasteiger partial charge in [0.2, 0.25) is 0 Å². The number of rotatable bonds is 7. The largest absolute Gasteiger partial charge is 0.373 e. The van der Waals surface area contributed by atoms with E-state index in [0.29, 0.717) is 0 Å². The van der Waals surface area contributed by atoms with Crippen LogP contribution in [0.15, 0.2) is 6.07 Å². The molecule has 0 saturated carbocycles. The zero-order chi connectivity index (χ0) is 13.5. The van der Waals surface area contributed by atoms with Crippen molar-refractivity contribution in [1.82, 2.24) is 14.9 Å². The van der Waals surface area contributed by atoms with Crippen molar-refractivity contribution < 1.29 is 0 Å². The molecule has 5 heteroatoms. The highest BCUT2D eigenvalue weighted by Crippen LogP contribution is 2.12. The van der Waals surface area contributed by atoms with Gasteiger partial charge in [-0.1, -0.05) is 6.92 Å². The molecule has 5 nitrogen and oxygen atoms in total. The molecule has 0 spiro atoms. The Balaban J connectivity index is 1.77. The van der Waals surface area contributed by atoms with Gasteiger partial charge in [0.05, 0.1) is 0 Å². The van der Waals surface area contributed by atoms with Crippen LogP contribution in [0.2, 0.25) is 0 Å². The van der Waals surface area contributed by atoms with Crippen molar-refractivity contribution in [3.8, 4) is 0 Å². The fourth-order valence-electron chi connectivity index (χ4n) is 2.40. The number of nitrogens with zero attached hydrogens (tertiary/aromatic N) is 3. The van der Waals surface area contributed by atoms with E-state index >= 15 is 0 Å². The second-order valence-corrected chi connectivity index (χ2v) is 4.99. The first-order chi connectivity index (χ1) is 9.31.